The van der Waals surface area contributed by atoms with E-state index in [9.17, 15) is 14.4 Å². The quantitative estimate of drug-likeness (QED) is 0.726. The standard InChI is InChI=1S/C12H15BrN4O4/c1-21-9(18)6-17-12(20)10(13)8(5-15-17)16-7-3-2-4-14-11(7)19/h5,7,16H,2-4,6H2,1H3,(H,14,19). The molecule has 21 heavy (non-hydrogen) atoms. The zero-order valence-electron chi connectivity index (χ0n) is 11.4. The number of methoxy groups -OCH3 is 1. The van der Waals surface area contributed by atoms with Crippen LogP contribution in [0, 0.1) is 0 Å². The molecule has 1 unspecified atom stereocenters. The Labute approximate surface area is 129 Å². The fraction of sp³-hybridized carbons (Fsp3) is 0.500. The van der Waals surface area contributed by atoms with Gasteiger partial charge in [-0.1, -0.05) is 0 Å². The van der Waals surface area contributed by atoms with Crippen molar-refractivity contribution in [2.75, 3.05) is 19.0 Å². The van der Waals surface area contributed by atoms with Crippen LogP contribution in [-0.4, -0.2) is 41.4 Å². The summed E-state index contributed by atoms with van der Waals surface area (Å²) in [4.78, 5) is 34.9. The minimum absolute atomic E-state index is 0.105. The number of halogens is 1. The number of hydrogen-bond donors (Lipinski definition) is 2. The highest BCUT2D eigenvalue weighted by atomic mass is 79.9. The summed E-state index contributed by atoms with van der Waals surface area (Å²) in [6, 6.07) is -0.396. The van der Waals surface area contributed by atoms with E-state index in [4.69, 9.17) is 0 Å². The molecule has 1 fully saturated rings. The van der Waals surface area contributed by atoms with Gasteiger partial charge in [0.1, 0.15) is 17.1 Å². The molecule has 2 heterocycles. The molecule has 114 valence electrons. The normalized spacial score (nSPS) is 18.0. The number of aromatic nitrogens is 2. The predicted molar refractivity (Wildman–Crippen MR) is 77.9 cm³/mol. The number of amides is 1. The van der Waals surface area contributed by atoms with Crippen molar-refractivity contribution in [1.29, 1.82) is 0 Å². The molecule has 0 aliphatic carbocycles. The predicted octanol–water partition coefficient (Wildman–Crippen LogP) is -0.131. The van der Waals surface area contributed by atoms with Crippen molar-refractivity contribution in [3.05, 3.63) is 21.0 Å². The number of carbonyl (C=O) groups excluding carboxylic acids is 2. The zero-order valence-corrected chi connectivity index (χ0v) is 13.0. The van der Waals surface area contributed by atoms with E-state index >= 15 is 0 Å². The molecule has 9 heteroatoms. The van der Waals surface area contributed by atoms with E-state index in [0.717, 1.165) is 11.1 Å². The highest BCUT2D eigenvalue weighted by Gasteiger charge is 2.23. The highest BCUT2D eigenvalue weighted by Crippen LogP contribution is 2.19. The summed E-state index contributed by atoms with van der Waals surface area (Å²) in [7, 11) is 1.24. The number of anilines is 1. The molecule has 2 N–H and O–H groups in total. The summed E-state index contributed by atoms with van der Waals surface area (Å²) in [5.74, 6) is -0.671. The van der Waals surface area contributed by atoms with Crippen LogP contribution in [-0.2, 0) is 20.9 Å². The van der Waals surface area contributed by atoms with Gasteiger partial charge in [-0.15, -0.1) is 0 Å². The van der Waals surface area contributed by atoms with E-state index in [1.807, 2.05) is 0 Å². The number of ether oxygens (including phenoxy) is 1. The van der Waals surface area contributed by atoms with Gasteiger partial charge >= 0.3 is 5.97 Å². The molecule has 0 bridgehead atoms. The Morgan fingerprint density at radius 1 is 1.62 bits per heavy atom. The minimum Gasteiger partial charge on any atom is -0.468 e. The van der Waals surface area contributed by atoms with Crippen LogP contribution in [0.1, 0.15) is 12.8 Å². The van der Waals surface area contributed by atoms with Crippen molar-refractivity contribution >= 4 is 33.5 Å². The van der Waals surface area contributed by atoms with E-state index < -0.39 is 17.6 Å². The molecular weight excluding hydrogens is 344 g/mol. The SMILES string of the molecule is COC(=O)Cn1ncc(NC2CCCNC2=O)c(Br)c1=O. The van der Waals surface area contributed by atoms with Crippen LogP contribution >= 0.6 is 15.9 Å². The Hall–Kier alpha value is -1.90. The molecule has 0 spiro atoms. The molecule has 1 saturated heterocycles. The number of hydrogen-bond acceptors (Lipinski definition) is 6. The van der Waals surface area contributed by atoms with Gasteiger partial charge in [-0.05, 0) is 28.8 Å². The van der Waals surface area contributed by atoms with Gasteiger partial charge in [0.15, 0.2) is 0 Å². The van der Waals surface area contributed by atoms with Gasteiger partial charge in [0.25, 0.3) is 5.56 Å². The van der Waals surface area contributed by atoms with Crippen LogP contribution in [0.15, 0.2) is 15.5 Å². The number of carbonyl (C=O) groups is 2. The van der Waals surface area contributed by atoms with Crippen molar-refractivity contribution < 1.29 is 14.3 Å². The van der Waals surface area contributed by atoms with Crippen LogP contribution in [0.4, 0.5) is 5.69 Å². The third kappa shape index (κ3) is 3.60. The number of nitrogens with one attached hydrogen (secondary N) is 2. The third-order valence-electron chi connectivity index (χ3n) is 3.11. The zero-order chi connectivity index (χ0) is 15.4. The summed E-state index contributed by atoms with van der Waals surface area (Å²) < 4.78 is 5.70. The van der Waals surface area contributed by atoms with Gasteiger partial charge in [-0.3, -0.25) is 14.4 Å². The minimum atomic E-state index is -0.566. The lowest BCUT2D eigenvalue weighted by Gasteiger charge is -2.24. The largest absolute Gasteiger partial charge is 0.468 e. The molecule has 0 radical (unpaired) electrons. The Morgan fingerprint density at radius 3 is 3.05 bits per heavy atom. The van der Waals surface area contributed by atoms with Crippen LogP contribution in [0.3, 0.4) is 0 Å². The Morgan fingerprint density at radius 2 is 2.38 bits per heavy atom. The Bertz CT molecular complexity index is 616. The average Bonchev–Trinajstić information content (AvgIpc) is 2.48. The molecule has 1 aliphatic rings. The van der Waals surface area contributed by atoms with Crippen LogP contribution < -0.4 is 16.2 Å². The lowest BCUT2D eigenvalue weighted by molar-refractivity contribution is -0.141. The maximum absolute atomic E-state index is 12.1. The molecule has 1 aliphatic heterocycles. The summed E-state index contributed by atoms with van der Waals surface area (Å²) in [6.45, 7) is 0.398. The second kappa shape index (κ2) is 6.70. The lowest BCUT2D eigenvalue weighted by atomic mass is 10.1. The first-order valence-electron chi connectivity index (χ1n) is 6.39. The maximum atomic E-state index is 12.1. The first kappa shape index (κ1) is 15.5. The summed E-state index contributed by atoms with van der Waals surface area (Å²) in [5, 5.41) is 9.63. The van der Waals surface area contributed by atoms with E-state index in [-0.39, 0.29) is 16.9 Å². The highest BCUT2D eigenvalue weighted by molar-refractivity contribution is 9.10. The van der Waals surface area contributed by atoms with Crippen LogP contribution in [0.5, 0.6) is 0 Å². The van der Waals surface area contributed by atoms with E-state index in [1.165, 1.54) is 13.3 Å². The van der Waals surface area contributed by atoms with Gasteiger partial charge in [-0.25, -0.2) is 4.68 Å². The molecule has 2 rings (SSSR count). The van der Waals surface area contributed by atoms with Crippen LogP contribution in [0.25, 0.3) is 0 Å². The monoisotopic (exact) mass is 358 g/mol. The molecule has 1 amide bonds. The van der Waals surface area contributed by atoms with Crippen molar-refractivity contribution in [3.8, 4) is 0 Å². The summed E-state index contributed by atoms with van der Waals surface area (Å²) in [5.41, 5.74) is -0.0511. The molecule has 0 saturated carbocycles. The second-order valence-electron chi connectivity index (χ2n) is 4.54. The molecular formula is C12H15BrN4O4. The Balaban J connectivity index is 2.18. The number of esters is 1. The first-order chi connectivity index (χ1) is 10.0. The van der Waals surface area contributed by atoms with E-state index in [1.54, 1.807) is 0 Å². The topological polar surface area (TPSA) is 102 Å². The fourth-order valence-electron chi connectivity index (χ4n) is 1.96. The van der Waals surface area contributed by atoms with E-state index in [0.29, 0.717) is 18.7 Å². The van der Waals surface area contributed by atoms with Gasteiger partial charge in [0, 0.05) is 6.54 Å². The third-order valence-corrected chi connectivity index (χ3v) is 3.87. The summed E-state index contributed by atoms with van der Waals surface area (Å²) >= 11 is 3.17. The van der Waals surface area contributed by atoms with E-state index in [2.05, 4.69) is 36.4 Å². The average molecular weight is 359 g/mol. The van der Waals surface area contributed by atoms with Gasteiger partial charge in [-0.2, -0.15) is 5.10 Å². The Kier molecular flexibility index (Phi) is 4.94. The van der Waals surface area contributed by atoms with Crippen molar-refractivity contribution in [2.24, 2.45) is 0 Å². The lowest BCUT2D eigenvalue weighted by Crippen LogP contribution is -2.44. The molecule has 8 nitrogen and oxygen atoms in total. The smallest absolute Gasteiger partial charge is 0.327 e. The van der Waals surface area contributed by atoms with Crippen molar-refractivity contribution in [3.63, 3.8) is 0 Å². The summed E-state index contributed by atoms with van der Waals surface area (Å²) in [6.07, 6.45) is 2.95. The molecule has 0 aromatic carbocycles. The van der Waals surface area contributed by atoms with Gasteiger partial charge in [0.05, 0.1) is 19.0 Å². The van der Waals surface area contributed by atoms with Gasteiger partial charge in [0.2, 0.25) is 5.91 Å². The van der Waals surface area contributed by atoms with Crippen molar-refractivity contribution in [1.82, 2.24) is 15.1 Å². The number of rotatable bonds is 4. The fourth-order valence-corrected chi connectivity index (χ4v) is 2.38. The first-order valence-corrected chi connectivity index (χ1v) is 7.19. The van der Waals surface area contributed by atoms with Crippen LogP contribution in [0.2, 0.25) is 0 Å². The van der Waals surface area contributed by atoms with Gasteiger partial charge < -0.3 is 15.4 Å². The molecule has 1 atom stereocenters. The molecule has 1 aromatic heterocycles. The maximum Gasteiger partial charge on any atom is 0.327 e. The van der Waals surface area contributed by atoms with Crippen molar-refractivity contribution in [2.45, 2.75) is 25.4 Å². The number of nitrogens with zero attached hydrogens (tertiary/aromatic N) is 2. The second-order valence-corrected chi connectivity index (χ2v) is 5.33. The number of piperidine rings is 1. The molecule has 1 aromatic rings.